The van der Waals surface area contributed by atoms with E-state index in [-0.39, 0.29) is 6.10 Å². The molecule has 0 radical (unpaired) electrons. The molecule has 0 saturated carbocycles. The third kappa shape index (κ3) is 4.17. The Balaban J connectivity index is 1.71. The number of halogens is 1. The molecule has 2 aromatic rings. The second-order valence-electron chi connectivity index (χ2n) is 4.43. The Hall–Kier alpha value is -1.32. The summed E-state index contributed by atoms with van der Waals surface area (Å²) in [5.41, 5.74) is 1.12. The van der Waals surface area contributed by atoms with Crippen LogP contribution in [-0.4, -0.2) is 20.8 Å². The van der Waals surface area contributed by atoms with E-state index in [4.69, 9.17) is 11.6 Å². The topological polar surface area (TPSA) is 38.0 Å². The molecular formula is C14H17ClN2O. The van der Waals surface area contributed by atoms with Crippen molar-refractivity contribution >= 4 is 11.6 Å². The van der Waals surface area contributed by atoms with E-state index in [2.05, 4.69) is 4.98 Å². The molecule has 0 fully saturated rings. The summed E-state index contributed by atoms with van der Waals surface area (Å²) < 4.78 is 2.02. The molecule has 0 saturated heterocycles. The molecule has 1 aromatic carbocycles. The van der Waals surface area contributed by atoms with Crippen molar-refractivity contribution in [1.82, 2.24) is 9.55 Å². The highest BCUT2D eigenvalue weighted by Crippen LogP contribution is 2.13. The van der Waals surface area contributed by atoms with Gasteiger partial charge in [0.05, 0.1) is 12.4 Å². The summed E-state index contributed by atoms with van der Waals surface area (Å²) in [6.07, 6.45) is 7.63. The van der Waals surface area contributed by atoms with Crippen LogP contribution in [0.25, 0.3) is 0 Å². The lowest BCUT2D eigenvalue weighted by atomic mass is 10.0. The number of nitrogens with zero attached hydrogens (tertiary/aromatic N) is 2. The third-order valence-corrected chi connectivity index (χ3v) is 3.15. The lowest BCUT2D eigenvalue weighted by molar-refractivity contribution is 0.160. The Morgan fingerprint density at radius 3 is 2.72 bits per heavy atom. The molecule has 0 aliphatic carbocycles. The Labute approximate surface area is 112 Å². The summed E-state index contributed by atoms with van der Waals surface area (Å²) in [4.78, 5) is 3.98. The molecule has 1 aromatic heterocycles. The summed E-state index contributed by atoms with van der Waals surface area (Å²) in [6.45, 7) is 0.900. The van der Waals surface area contributed by atoms with Gasteiger partial charge in [-0.2, -0.15) is 0 Å². The molecule has 0 spiro atoms. The lowest BCUT2D eigenvalue weighted by Crippen LogP contribution is -2.11. The highest BCUT2D eigenvalue weighted by Gasteiger charge is 2.05. The van der Waals surface area contributed by atoms with Gasteiger partial charge in [-0.15, -0.1) is 0 Å². The van der Waals surface area contributed by atoms with Crippen molar-refractivity contribution in [2.24, 2.45) is 0 Å². The zero-order chi connectivity index (χ0) is 12.8. The van der Waals surface area contributed by atoms with Crippen molar-refractivity contribution in [3.63, 3.8) is 0 Å². The van der Waals surface area contributed by atoms with Gasteiger partial charge in [-0.3, -0.25) is 0 Å². The first-order valence-electron chi connectivity index (χ1n) is 6.12. The van der Waals surface area contributed by atoms with Gasteiger partial charge in [0.1, 0.15) is 0 Å². The summed E-state index contributed by atoms with van der Waals surface area (Å²) in [6, 6.07) is 7.63. The Morgan fingerprint density at radius 2 is 2.06 bits per heavy atom. The summed E-state index contributed by atoms with van der Waals surface area (Å²) >= 11 is 5.82. The number of aliphatic hydroxyl groups excluding tert-OH is 1. The van der Waals surface area contributed by atoms with Gasteiger partial charge in [0, 0.05) is 24.0 Å². The van der Waals surface area contributed by atoms with E-state index in [1.54, 1.807) is 12.5 Å². The zero-order valence-electron chi connectivity index (χ0n) is 10.2. The number of hydrogen-bond donors (Lipinski definition) is 1. The number of aromatic nitrogens is 2. The summed E-state index contributed by atoms with van der Waals surface area (Å²) in [5, 5.41) is 10.7. The van der Waals surface area contributed by atoms with E-state index in [9.17, 15) is 5.11 Å². The van der Waals surface area contributed by atoms with Crippen molar-refractivity contribution in [3.05, 3.63) is 53.6 Å². The van der Waals surface area contributed by atoms with Crippen molar-refractivity contribution in [2.45, 2.75) is 31.9 Å². The minimum Gasteiger partial charge on any atom is -0.393 e. The molecule has 4 heteroatoms. The van der Waals surface area contributed by atoms with Crippen LogP contribution in [0.3, 0.4) is 0 Å². The SMILES string of the molecule is OC(CCCn1ccnc1)Cc1ccc(Cl)cc1. The number of hydrogen-bond acceptors (Lipinski definition) is 2. The third-order valence-electron chi connectivity index (χ3n) is 2.90. The molecule has 18 heavy (non-hydrogen) atoms. The highest BCUT2D eigenvalue weighted by molar-refractivity contribution is 6.30. The fourth-order valence-electron chi connectivity index (χ4n) is 1.92. The largest absolute Gasteiger partial charge is 0.393 e. The fourth-order valence-corrected chi connectivity index (χ4v) is 2.05. The van der Waals surface area contributed by atoms with Gasteiger partial charge >= 0.3 is 0 Å². The number of benzene rings is 1. The molecule has 0 amide bonds. The van der Waals surface area contributed by atoms with Crippen LogP contribution >= 0.6 is 11.6 Å². The zero-order valence-corrected chi connectivity index (χ0v) is 10.9. The summed E-state index contributed by atoms with van der Waals surface area (Å²) in [5.74, 6) is 0. The molecule has 1 heterocycles. The van der Waals surface area contributed by atoms with Gasteiger partial charge in [-0.05, 0) is 37.0 Å². The van der Waals surface area contributed by atoms with Crippen LogP contribution in [0.15, 0.2) is 43.0 Å². The number of rotatable bonds is 6. The van der Waals surface area contributed by atoms with Crippen LogP contribution in [0, 0.1) is 0 Å². The maximum absolute atomic E-state index is 9.94. The van der Waals surface area contributed by atoms with Gasteiger partial charge in [-0.25, -0.2) is 4.98 Å². The average molecular weight is 265 g/mol. The quantitative estimate of drug-likeness (QED) is 0.871. The first-order valence-corrected chi connectivity index (χ1v) is 6.50. The molecule has 0 bridgehead atoms. The maximum Gasteiger partial charge on any atom is 0.0945 e. The second kappa shape index (κ2) is 6.57. The molecule has 1 unspecified atom stereocenters. The van der Waals surface area contributed by atoms with Gasteiger partial charge in [-0.1, -0.05) is 23.7 Å². The number of aryl methyl sites for hydroxylation is 1. The molecule has 2 rings (SSSR count). The number of imidazole rings is 1. The minimum absolute atomic E-state index is 0.297. The second-order valence-corrected chi connectivity index (χ2v) is 4.86. The normalized spacial score (nSPS) is 12.6. The van der Waals surface area contributed by atoms with Crippen LogP contribution in [-0.2, 0) is 13.0 Å². The van der Waals surface area contributed by atoms with Gasteiger partial charge < -0.3 is 9.67 Å². The first-order chi connectivity index (χ1) is 8.74. The van der Waals surface area contributed by atoms with E-state index in [0.29, 0.717) is 6.42 Å². The van der Waals surface area contributed by atoms with E-state index < -0.39 is 0 Å². The Bertz CT molecular complexity index is 453. The van der Waals surface area contributed by atoms with Gasteiger partial charge in [0.25, 0.3) is 0 Å². The Kier molecular flexibility index (Phi) is 4.79. The van der Waals surface area contributed by atoms with Gasteiger partial charge in [0.15, 0.2) is 0 Å². The van der Waals surface area contributed by atoms with Crippen molar-refractivity contribution in [1.29, 1.82) is 0 Å². The molecule has 1 atom stereocenters. The van der Waals surface area contributed by atoms with Crippen LogP contribution in [0.4, 0.5) is 0 Å². The monoisotopic (exact) mass is 264 g/mol. The number of aliphatic hydroxyl groups is 1. The van der Waals surface area contributed by atoms with E-state index in [1.807, 2.05) is 35.0 Å². The maximum atomic E-state index is 9.94. The van der Waals surface area contributed by atoms with E-state index >= 15 is 0 Å². The molecule has 96 valence electrons. The Morgan fingerprint density at radius 1 is 1.28 bits per heavy atom. The predicted octanol–water partition coefficient (Wildman–Crippen LogP) is 2.92. The smallest absolute Gasteiger partial charge is 0.0945 e. The predicted molar refractivity (Wildman–Crippen MR) is 72.6 cm³/mol. The minimum atomic E-state index is -0.297. The van der Waals surface area contributed by atoms with Crippen LogP contribution < -0.4 is 0 Å². The molecule has 1 N–H and O–H groups in total. The first kappa shape index (κ1) is 13.1. The average Bonchev–Trinajstić information content (AvgIpc) is 2.85. The lowest BCUT2D eigenvalue weighted by Gasteiger charge is -2.10. The van der Waals surface area contributed by atoms with Crippen LogP contribution in [0.2, 0.25) is 5.02 Å². The van der Waals surface area contributed by atoms with Crippen LogP contribution in [0.1, 0.15) is 18.4 Å². The molecular weight excluding hydrogens is 248 g/mol. The van der Waals surface area contributed by atoms with Crippen LogP contribution in [0.5, 0.6) is 0 Å². The standard InChI is InChI=1S/C14H17ClN2O/c15-13-5-3-12(4-6-13)10-14(18)2-1-8-17-9-7-16-11-17/h3-7,9,11,14,18H,1-2,8,10H2. The van der Waals surface area contributed by atoms with Crippen molar-refractivity contribution < 1.29 is 5.11 Å². The van der Waals surface area contributed by atoms with Crippen molar-refractivity contribution in [3.8, 4) is 0 Å². The highest BCUT2D eigenvalue weighted by atomic mass is 35.5. The van der Waals surface area contributed by atoms with E-state index in [0.717, 1.165) is 30.0 Å². The molecule has 0 aliphatic rings. The van der Waals surface area contributed by atoms with Crippen molar-refractivity contribution in [2.75, 3.05) is 0 Å². The fraction of sp³-hybridized carbons (Fsp3) is 0.357. The molecule has 0 aliphatic heterocycles. The van der Waals surface area contributed by atoms with E-state index in [1.165, 1.54) is 0 Å². The summed E-state index contributed by atoms with van der Waals surface area (Å²) in [7, 11) is 0. The van der Waals surface area contributed by atoms with Gasteiger partial charge in [0.2, 0.25) is 0 Å². The molecule has 3 nitrogen and oxygen atoms in total.